The number of hydrogen-bond acceptors (Lipinski definition) is 4. The van der Waals surface area contributed by atoms with E-state index < -0.39 is 0 Å². The van der Waals surface area contributed by atoms with Crippen molar-refractivity contribution in [2.24, 2.45) is 0 Å². The van der Waals surface area contributed by atoms with Crippen LogP contribution < -0.4 is 10.5 Å². The van der Waals surface area contributed by atoms with Crippen molar-refractivity contribution in [2.75, 3.05) is 12.8 Å². The Morgan fingerprint density at radius 1 is 1.33 bits per heavy atom. The maximum Gasteiger partial charge on any atom is 0.230 e. The summed E-state index contributed by atoms with van der Waals surface area (Å²) in [5.41, 5.74) is 8.90. The molecule has 0 aliphatic rings. The van der Waals surface area contributed by atoms with Crippen molar-refractivity contribution in [1.82, 2.24) is 5.16 Å². The number of methoxy groups -OCH3 is 1. The quantitative estimate of drug-likeness (QED) is 0.807. The summed E-state index contributed by atoms with van der Waals surface area (Å²) in [6, 6.07) is 7.86. The Morgan fingerprint density at radius 3 is 2.81 bits per heavy atom. The number of nitrogen functional groups attached to an aromatic ring is 1. The molecule has 1 aromatic heterocycles. The van der Waals surface area contributed by atoms with E-state index in [2.05, 4.69) is 19.0 Å². The van der Waals surface area contributed by atoms with E-state index in [0.29, 0.717) is 11.8 Å². The van der Waals surface area contributed by atoms with Gasteiger partial charge in [0.15, 0.2) is 0 Å². The standard InChI is InChI=1S/C17H24N2O2/c1-4-6-8-12(5-2)16-15(17(18)21-19-16)13-9-7-10-14(11-13)20-3/h7,9-12H,4-6,8,18H2,1-3H3. The summed E-state index contributed by atoms with van der Waals surface area (Å²) in [5, 5.41) is 4.23. The van der Waals surface area contributed by atoms with Crippen LogP contribution in [0.1, 0.15) is 51.1 Å². The van der Waals surface area contributed by atoms with E-state index in [0.717, 1.165) is 35.4 Å². The largest absolute Gasteiger partial charge is 0.497 e. The van der Waals surface area contributed by atoms with Gasteiger partial charge in [0.25, 0.3) is 0 Å². The van der Waals surface area contributed by atoms with Gasteiger partial charge in [-0.15, -0.1) is 0 Å². The van der Waals surface area contributed by atoms with Crippen molar-refractivity contribution in [2.45, 2.75) is 45.4 Å². The van der Waals surface area contributed by atoms with Gasteiger partial charge in [0.1, 0.15) is 5.75 Å². The van der Waals surface area contributed by atoms with E-state index >= 15 is 0 Å². The monoisotopic (exact) mass is 288 g/mol. The van der Waals surface area contributed by atoms with Crippen LogP contribution in [0.4, 0.5) is 5.88 Å². The van der Waals surface area contributed by atoms with Crippen molar-refractivity contribution in [1.29, 1.82) is 0 Å². The molecule has 1 heterocycles. The van der Waals surface area contributed by atoms with E-state index in [9.17, 15) is 0 Å². The number of aromatic nitrogens is 1. The van der Waals surface area contributed by atoms with Crippen molar-refractivity contribution >= 4 is 5.88 Å². The SMILES string of the molecule is CCCCC(CC)c1noc(N)c1-c1cccc(OC)c1. The molecule has 0 saturated heterocycles. The molecule has 0 bridgehead atoms. The number of nitrogens with zero attached hydrogens (tertiary/aromatic N) is 1. The lowest BCUT2D eigenvalue weighted by Gasteiger charge is -2.13. The molecule has 2 N–H and O–H groups in total. The van der Waals surface area contributed by atoms with E-state index in [4.69, 9.17) is 15.0 Å². The van der Waals surface area contributed by atoms with Crippen molar-refractivity contribution < 1.29 is 9.26 Å². The fraction of sp³-hybridized carbons (Fsp3) is 0.471. The maximum absolute atomic E-state index is 6.02. The highest BCUT2D eigenvalue weighted by atomic mass is 16.5. The molecule has 1 aromatic carbocycles. The predicted octanol–water partition coefficient (Wildman–Crippen LogP) is 4.62. The van der Waals surface area contributed by atoms with E-state index in [1.165, 1.54) is 12.8 Å². The molecule has 0 amide bonds. The molecule has 0 radical (unpaired) electrons. The minimum atomic E-state index is 0.382. The Balaban J connectivity index is 2.40. The fourth-order valence-electron chi connectivity index (χ4n) is 2.65. The zero-order valence-electron chi connectivity index (χ0n) is 13.1. The summed E-state index contributed by atoms with van der Waals surface area (Å²) in [6.45, 7) is 4.38. The third-order valence-corrected chi connectivity index (χ3v) is 3.89. The highest BCUT2D eigenvalue weighted by molar-refractivity contribution is 5.76. The number of ether oxygens (including phenoxy) is 1. The van der Waals surface area contributed by atoms with Crippen LogP contribution in [0.5, 0.6) is 5.75 Å². The Kier molecular flexibility index (Phi) is 5.26. The molecule has 2 rings (SSSR count). The van der Waals surface area contributed by atoms with Gasteiger partial charge in [-0.25, -0.2) is 0 Å². The molecule has 4 nitrogen and oxygen atoms in total. The fourth-order valence-corrected chi connectivity index (χ4v) is 2.65. The molecule has 2 aromatic rings. The topological polar surface area (TPSA) is 61.3 Å². The van der Waals surface area contributed by atoms with Gasteiger partial charge in [0.05, 0.1) is 18.4 Å². The third-order valence-electron chi connectivity index (χ3n) is 3.89. The molecular weight excluding hydrogens is 264 g/mol. The lowest BCUT2D eigenvalue weighted by molar-refractivity contribution is 0.412. The van der Waals surface area contributed by atoms with Gasteiger partial charge in [-0.1, -0.05) is 44.0 Å². The zero-order chi connectivity index (χ0) is 15.2. The number of benzene rings is 1. The molecule has 0 fully saturated rings. The van der Waals surface area contributed by atoms with Gasteiger partial charge in [-0.3, -0.25) is 0 Å². The Hall–Kier alpha value is -1.97. The second-order valence-corrected chi connectivity index (χ2v) is 5.29. The van der Waals surface area contributed by atoms with Crippen molar-refractivity contribution in [3.63, 3.8) is 0 Å². The molecule has 0 saturated carbocycles. The van der Waals surface area contributed by atoms with Crippen LogP contribution in [-0.4, -0.2) is 12.3 Å². The second-order valence-electron chi connectivity index (χ2n) is 5.29. The van der Waals surface area contributed by atoms with Crippen LogP contribution in [0.3, 0.4) is 0 Å². The minimum absolute atomic E-state index is 0.382. The highest BCUT2D eigenvalue weighted by Gasteiger charge is 2.22. The summed E-state index contributed by atoms with van der Waals surface area (Å²) in [7, 11) is 1.66. The average Bonchev–Trinajstić information content (AvgIpc) is 2.90. The van der Waals surface area contributed by atoms with Crippen LogP contribution in [0.15, 0.2) is 28.8 Å². The van der Waals surface area contributed by atoms with Crippen molar-refractivity contribution in [3.8, 4) is 16.9 Å². The molecule has 1 unspecified atom stereocenters. The Bertz CT molecular complexity index is 578. The first-order valence-corrected chi connectivity index (χ1v) is 7.60. The summed E-state index contributed by atoms with van der Waals surface area (Å²) >= 11 is 0. The third kappa shape index (κ3) is 3.38. The molecule has 0 aliphatic carbocycles. The minimum Gasteiger partial charge on any atom is -0.497 e. The zero-order valence-corrected chi connectivity index (χ0v) is 13.1. The number of anilines is 1. The Morgan fingerprint density at radius 2 is 2.14 bits per heavy atom. The van der Waals surface area contributed by atoms with Gasteiger partial charge in [0, 0.05) is 5.92 Å². The summed E-state index contributed by atoms with van der Waals surface area (Å²) in [4.78, 5) is 0. The van der Waals surface area contributed by atoms with E-state index in [1.54, 1.807) is 7.11 Å². The summed E-state index contributed by atoms with van der Waals surface area (Å²) in [6.07, 6.45) is 4.50. The average molecular weight is 288 g/mol. The number of unbranched alkanes of at least 4 members (excludes halogenated alkanes) is 1. The number of hydrogen-bond donors (Lipinski definition) is 1. The lowest BCUT2D eigenvalue weighted by Crippen LogP contribution is -2.00. The number of nitrogens with two attached hydrogens (primary N) is 1. The predicted molar refractivity (Wildman–Crippen MR) is 85.5 cm³/mol. The van der Waals surface area contributed by atoms with Gasteiger partial charge in [-0.2, -0.15) is 0 Å². The number of rotatable bonds is 7. The molecular formula is C17H24N2O2. The normalized spacial score (nSPS) is 12.3. The highest BCUT2D eigenvalue weighted by Crippen LogP contribution is 2.38. The summed E-state index contributed by atoms with van der Waals surface area (Å²) in [5.74, 6) is 1.57. The molecule has 21 heavy (non-hydrogen) atoms. The molecule has 0 aliphatic heterocycles. The lowest BCUT2D eigenvalue weighted by atomic mass is 9.91. The molecule has 114 valence electrons. The van der Waals surface area contributed by atoms with Crippen LogP contribution >= 0.6 is 0 Å². The summed E-state index contributed by atoms with van der Waals surface area (Å²) < 4.78 is 10.6. The molecule has 4 heteroatoms. The van der Waals surface area contributed by atoms with Crippen molar-refractivity contribution in [3.05, 3.63) is 30.0 Å². The first-order valence-electron chi connectivity index (χ1n) is 7.60. The maximum atomic E-state index is 6.02. The van der Waals surface area contributed by atoms with Crippen LogP contribution in [0.25, 0.3) is 11.1 Å². The molecule has 1 atom stereocenters. The second kappa shape index (κ2) is 7.16. The first kappa shape index (κ1) is 15.4. The van der Waals surface area contributed by atoms with Crippen LogP contribution in [0.2, 0.25) is 0 Å². The first-order chi connectivity index (χ1) is 10.2. The van der Waals surface area contributed by atoms with Crippen LogP contribution in [-0.2, 0) is 0 Å². The van der Waals surface area contributed by atoms with Gasteiger partial charge in [-0.05, 0) is 30.5 Å². The van der Waals surface area contributed by atoms with Gasteiger partial charge < -0.3 is 15.0 Å². The smallest absolute Gasteiger partial charge is 0.230 e. The van der Waals surface area contributed by atoms with E-state index in [1.807, 2.05) is 24.3 Å². The van der Waals surface area contributed by atoms with E-state index in [-0.39, 0.29) is 0 Å². The van der Waals surface area contributed by atoms with Crippen LogP contribution in [0, 0.1) is 0 Å². The Labute approximate surface area is 126 Å². The van der Waals surface area contributed by atoms with Gasteiger partial charge >= 0.3 is 0 Å². The van der Waals surface area contributed by atoms with Gasteiger partial charge in [0.2, 0.25) is 5.88 Å². The molecule has 0 spiro atoms.